The molecule has 0 aliphatic rings. The monoisotopic (exact) mass is 286 g/mol. The van der Waals surface area contributed by atoms with E-state index in [1.54, 1.807) is 11.3 Å². The molecule has 4 nitrogen and oxygen atoms in total. The van der Waals surface area contributed by atoms with Crippen molar-refractivity contribution in [1.82, 2.24) is 4.98 Å². The first-order chi connectivity index (χ1) is 9.74. The van der Waals surface area contributed by atoms with Crippen LogP contribution in [0.2, 0.25) is 0 Å². The van der Waals surface area contributed by atoms with Gasteiger partial charge in [-0.25, -0.2) is 4.98 Å². The Hall–Kier alpha value is -2.06. The zero-order valence-corrected chi connectivity index (χ0v) is 12.6. The molecule has 5 heteroatoms. The van der Waals surface area contributed by atoms with Crippen LogP contribution in [0.1, 0.15) is 23.8 Å². The lowest BCUT2D eigenvalue weighted by molar-refractivity contribution is 0.934. The fourth-order valence-electron chi connectivity index (χ4n) is 1.91. The van der Waals surface area contributed by atoms with Gasteiger partial charge in [0.15, 0.2) is 5.13 Å². The number of benzene rings is 1. The Bertz CT molecular complexity index is 600. The van der Waals surface area contributed by atoms with Gasteiger partial charge >= 0.3 is 0 Å². The van der Waals surface area contributed by atoms with E-state index >= 15 is 0 Å². The molecule has 0 unspecified atom stereocenters. The number of para-hydroxylation sites is 1. The van der Waals surface area contributed by atoms with Gasteiger partial charge in [-0.3, -0.25) is 0 Å². The molecule has 0 saturated heterocycles. The lowest BCUT2D eigenvalue weighted by atomic mass is 10.2. The van der Waals surface area contributed by atoms with Crippen LogP contribution in [0.4, 0.5) is 10.8 Å². The van der Waals surface area contributed by atoms with Crippen molar-refractivity contribution in [3.63, 3.8) is 0 Å². The standard InChI is InChI=1S/C15H18N4S/c1-3-8-17-15-18-10-13(20-15)11-19(2)14-7-5-4-6-12(14)9-16/h4-7,10H,3,8,11H2,1-2H3,(H,17,18). The number of aromatic nitrogens is 1. The van der Waals surface area contributed by atoms with E-state index in [9.17, 15) is 0 Å². The van der Waals surface area contributed by atoms with Crippen LogP contribution in [0.3, 0.4) is 0 Å². The lowest BCUT2D eigenvalue weighted by Crippen LogP contribution is -2.16. The Morgan fingerprint density at radius 3 is 2.95 bits per heavy atom. The molecule has 0 aliphatic carbocycles. The number of nitriles is 1. The fraction of sp³-hybridized carbons (Fsp3) is 0.333. The minimum absolute atomic E-state index is 0.698. The summed E-state index contributed by atoms with van der Waals surface area (Å²) in [6, 6.07) is 9.87. The highest BCUT2D eigenvalue weighted by molar-refractivity contribution is 7.15. The summed E-state index contributed by atoms with van der Waals surface area (Å²) >= 11 is 1.66. The zero-order valence-electron chi connectivity index (χ0n) is 11.8. The molecule has 20 heavy (non-hydrogen) atoms. The summed E-state index contributed by atoms with van der Waals surface area (Å²) in [5.41, 5.74) is 1.65. The number of hydrogen-bond donors (Lipinski definition) is 1. The lowest BCUT2D eigenvalue weighted by Gasteiger charge is -2.19. The summed E-state index contributed by atoms with van der Waals surface area (Å²) in [4.78, 5) is 7.62. The largest absolute Gasteiger partial charge is 0.368 e. The maximum atomic E-state index is 9.14. The third kappa shape index (κ3) is 3.49. The summed E-state index contributed by atoms with van der Waals surface area (Å²) < 4.78 is 0. The Labute approximate surface area is 123 Å². The number of nitrogens with one attached hydrogen (secondary N) is 1. The second-order valence-electron chi connectivity index (χ2n) is 4.54. The number of rotatable bonds is 6. The zero-order chi connectivity index (χ0) is 14.4. The van der Waals surface area contributed by atoms with Crippen molar-refractivity contribution in [2.24, 2.45) is 0 Å². The van der Waals surface area contributed by atoms with E-state index in [0.29, 0.717) is 5.56 Å². The quantitative estimate of drug-likeness (QED) is 0.883. The van der Waals surface area contributed by atoms with Crippen LogP contribution in [0, 0.1) is 11.3 Å². The average Bonchev–Trinajstić information content (AvgIpc) is 2.92. The molecule has 0 fully saturated rings. The van der Waals surface area contributed by atoms with Crippen molar-refractivity contribution in [1.29, 1.82) is 5.26 Å². The van der Waals surface area contributed by atoms with Gasteiger partial charge in [0, 0.05) is 24.7 Å². The van der Waals surface area contributed by atoms with E-state index in [2.05, 4.69) is 28.2 Å². The Morgan fingerprint density at radius 1 is 1.40 bits per heavy atom. The van der Waals surface area contributed by atoms with E-state index in [1.807, 2.05) is 37.5 Å². The molecular weight excluding hydrogens is 268 g/mol. The van der Waals surface area contributed by atoms with Crippen molar-refractivity contribution in [3.8, 4) is 6.07 Å². The first-order valence-electron chi connectivity index (χ1n) is 6.63. The third-order valence-corrected chi connectivity index (χ3v) is 3.85. The van der Waals surface area contributed by atoms with E-state index in [-0.39, 0.29) is 0 Å². The number of thiazole rings is 1. The minimum Gasteiger partial charge on any atom is -0.368 e. The molecule has 0 saturated carbocycles. The molecule has 1 heterocycles. The maximum Gasteiger partial charge on any atom is 0.182 e. The molecule has 1 aromatic heterocycles. The van der Waals surface area contributed by atoms with E-state index < -0.39 is 0 Å². The van der Waals surface area contributed by atoms with Crippen LogP contribution in [-0.2, 0) is 6.54 Å². The van der Waals surface area contributed by atoms with E-state index in [4.69, 9.17) is 5.26 Å². The number of anilines is 2. The first-order valence-corrected chi connectivity index (χ1v) is 7.45. The Balaban J connectivity index is 2.06. The van der Waals surface area contributed by atoms with Gasteiger partial charge in [-0.05, 0) is 18.6 Å². The van der Waals surface area contributed by atoms with Gasteiger partial charge in [-0.1, -0.05) is 19.1 Å². The summed E-state index contributed by atoms with van der Waals surface area (Å²) in [6.07, 6.45) is 2.98. The van der Waals surface area contributed by atoms with Crippen molar-refractivity contribution in [2.75, 3.05) is 23.8 Å². The van der Waals surface area contributed by atoms with Crippen LogP contribution in [0.5, 0.6) is 0 Å². The summed E-state index contributed by atoms with van der Waals surface area (Å²) in [5.74, 6) is 0. The molecule has 104 valence electrons. The highest BCUT2D eigenvalue weighted by Gasteiger charge is 2.09. The van der Waals surface area contributed by atoms with E-state index in [1.165, 1.54) is 4.88 Å². The van der Waals surface area contributed by atoms with Crippen LogP contribution < -0.4 is 10.2 Å². The Kier molecular flexibility index (Phi) is 4.97. The van der Waals surface area contributed by atoms with Gasteiger partial charge in [-0.2, -0.15) is 5.26 Å². The average molecular weight is 286 g/mol. The molecule has 0 bridgehead atoms. The molecule has 0 aliphatic heterocycles. The smallest absolute Gasteiger partial charge is 0.182 e. The number of hydrogen-bond acceptors (Lipinski definition) is 5. The van der Waals surface area contributed by atoms with Crippen LogP contribution in [0.15, 0.2) is 30.5 Å². The topological polar surface area (TPSA) is 52.0 Å². The van der Waals surface area contributed by atoms with Crippen molar-refractivity contribution < 1.29 is 0 Å². The highest BCUT2D eigenvalue weighted by atomic mass is 32.1. The molecule has 0 spiro atoms. The maximum absolute atomic E-state index is 9.14. The fourth-order valence-corrected chi connectivity index (χ4v) is 2.81. The summed E-state index contributed by atoms with van der Waals surface area (Å²) in [6.45, 7) is 3.83. The minimum atomic E-state index is 0.698. The highest BCUT2D eigenvalue weighted by Crippen LogP contribution is 2.24. The van der Waals surface area contributed by atoms with Crippen molar-refractivity contribution in [3.05, 3.63) is 40.9 Å². The molecule has 1 aromatic carbocycles. The predicted molar refractivity (Wildman–Crippen MR) is 84.2 cm³/mol. The van der Waals surface area contributed by atoms with Crippen molar-refractivity contribution in [2.45, 2.75) is 19.9 Å². The molecule has 0 amide bonds. The molecule has 0 radical (unpaired) electrons. The predicted octanol–water partition coefficient (Wildman–Crippen LogP) is 3.47. The summed E-state index contributed by atoms with van der Waals surface area (Å²) in [7, 11) is 2.00. The van der Waals surface area contributed by atoms with Crippen LogP contribution in [0.25, 0.3) is 0 Å². The van der Waals surface area contributed by atoms with Gasteiger partial charge in [-0.15, -0.1) is 11.3 Å². The summed E-state index contributed by atoms with van der Waals surface area (Å²) in [5, 5.41) is 13.4. The molecular formula is C15H18N4S. The third-order valence-electron chi connectivity index (χ3n) is 2.91. The van der Waals surface area contributed by atoms with Gasteiger partial charge in [0.25, 0.3) is 0 Å². The Morgan fingerprint density at radius 2 is 2.20 bits per heavy atom. The molecule has 2 aromatic rings. The SMILES string of the molecule is CCCNc1ncc(CN(C)c2ccccc2C#N)s1. The van der Waals surface area contributed by atoms with Gasteiger partial charge in [0.05, 0.1) is 17.8 Å². The first kappa shape index (κ1) is 14.4. The molecule has 2 rings (SSSR count). The number of nitrogens with zero attached hydrogens (tertiary/aromatic N) is 3. The van der Waals surface area contributed by atoms with Gasteiger partial charge in [0.2, 0.25) is 0 Å². The second kappa shape index (κ2) is 6.92. The van der Waals surface area contributed by atoms with Gasteiger partial charge < -0.3 is 10.2 Å². The van der Waals surface area contributed by atoms with E-state index in [0.717, 1.165) is 30.3 Å². The van der Waals surface area contributed by atoms with Crippen LogP contribution >= 0.6 is 11.3 Å². The van der Waals surface area contributed by atoms with Gasteiger partial charge in [0.1, 0.15) is 6.07 Å². The normalized spacial score (nSPS) is 10.1. The second-order valence-corrected chi connectivity index (χ2v) is 5.66. The molecule has 0 atom stereocenters. The molecule has 1 N–H and O–H groups in total. The van der Waals surface area contributed by atoms with Crippen molar-refractivity contribution >= 4 is 22.2 Å². The van der Waals surface area contributed by atoms with Crippen LogP contribution in [-0.4, -0.2) is 18.6 Å².